The molecule has 1 heterocycles. The van der Waals surface area contributed by atoms with Crippen LogP contribution in [0.4, 0.5) is 0 Å². The number of aromatic nitrogens is 2. The molecule has 1 aromatic rings. The second-order valence-electron chi connectivity index (χ2n) is 4.88. The van der Waals surface area contributed by atoms with Gasteiger partial charge in [0.25, 0.3) is 0 Å². The normalized spacial score (nSPS) is 13.8. The van der Waals surface area contributed by atoms with Crippen LogP contribution in [0.25, 0.3) is 0 Å². The summed E-state index contributed by atoms with van der Waals surface area (Å²) >= 11 is 0. The fourth-order valence-electron chi connectivity index (χ4n) is 1.98. The highest BCUT2D eigenvalue weighted by atomic mass is 32.2. The van der Waals surface area contributed by atoms with Crippen molar-refractivity contribution in [2.24, 2.45) is 7.05 Å². The van der Waals surface area contributed by atoms with Crippen molar-refractivity contribution in [2.75, 3.05) is 12.0 Å². The molecule has 0 aromatic carbocycles. The van der Waals surface area contributed by atoms with Gasteiger partial charge in [0.15, 0.2) is 0 Å². The molecule has 1 unspecified atom stereocenters. The van der Waals surface area contributed by atoms with E-state index in [0.29, 0.717) is 12.8 Å². The largest absolute Gasteiger partial charge is 0.393 e. The molecule has 1 aromatic heterocycles. The lowest BCUT2D eigenvalue weighted by Gasteiger charge is -2.09. The van der Waals surface area contributed by atoms with E-state index in [4.69, 9.17) is 0 Å². The van der Waals surface area contributed by atoms with Crippen molar-refractivity contribution in [2.45, 2.75) is 39.2 Å². The third-order valence-corrected chi connectivity index (χ3v) is 4.19. The van der Waals surface area contributed by atoms with E-state index in [1.807, 2.05) is 25.6 Å². The Balaban J connectivity index is 2.50. The molecule has 0 aliphatic rings. The number of sulfone groups is 1. The van der Waals surface area contributed by atoms with Crippen molar-refractivity contribution in [3.63, 3.8) is 0 Å². The summed E-state index contributed by atoms with van der Waals surface area (Å²) in [5.74, 6) is 0.0408. The maximum Gasteiger partial charge on any atom is 0.147 e. The van der Waals surface area contributed by atoms with Crippen LogP contribution in [0.2, 0.25) is 0 Å². The number of nitrogens with zero attached hydrogens (tertiary/aromatic N) is 2. The lowest BCUT2D eigenvalue weighted by molar-refractivity contribution is 0.161. The van der Waals surface area contributed by atoms with Crippen LogP contribution >= 0.6 is 0 Å². The minimum atomic E-state index is -2.99. The topological polar surface area (TPSA) is 72.2 Å². The Bertz CT molecular complexity index is 506. The van der Waals surface area contributed by atoms with Gasteiger partial charge in [-0.3, -0.25) is 4.68 Å². The molecule has 0 saturated carbocycles. The van der Waals surface area contributed by atoms with Gasteiger partial charge in [-0.2, -0.15) is 5.10 Å². The van der Waals surface area contributed by atoms with E-state index in [-0.39, 0.29) is 5.75 Å². The summed E-state index contributed by atoms with van der Waals surface area (Å²) in [7, 11) is -1.10. The lowest BCUT2D eigenvalue weighted by Crippen LogP contribution is -2.15. The molecule has 0 amide bonds. The van der Waals surface area contributed by atoms with Gasteiger partial charge in [-0.1, -0.05) is 0 Å². The zero-order valence-electron chi connectivity index (χ0n) is 11.5. The van der Waals surface area contributed by atoms with Crippen LogP contribution in [-0.4, -0.2) is 41.4 Å². The van der Waals surface area contributed by atoms with E-state index >= 15 is 0 Å². The second kappa shape index (κ2) is 5.84. The first kappa shape index (κ1) is 15.2. The molecule has 104 valence electrons. The van der Waals surface area contributed by atoms with Crippen molar-refractivity contribution < 1.29 is 13.5 Å². The number of aliphatic hydroxyl groups excluding tert-OH is 1. The van der Waals surface area contributed by atoms with Gasteiger partial charge in [0.05, 0.1) is 17.6 Å². The molecule has 0 radical (unpaired) electrons. The zero-order valence-corrected chi connectivity index (χ0v) is 12.3. The average Bonchev–Trinajstić information content (AvgIpc) is 2.47. The summed E-state index contributed by atoms with van der Waals surface area (Å²) in [6, 6.07) is 0. The van der Waals surface area contributed by atoms with Gasteiger partial charge in [0.1, 0.15) is 9.84 Å². The minimum Gasteiger partial charge on any atom is -0.393 e. The van der Waals surface area contributed by atoms with Crippen molar-refractivity contribution >= 4 is 9.84 Å². The summed E-state index contributed by atoms with van der Waals surface area (Å²) < 4.78 is 23.8. The molecule has 6 heteroatoms. The maximum absolute atomic E-state index is 11.0. The van der Waals surface area contributed by atoms with Gasteiger partial charge in [-0.15, -0.1) is 0 Å². The quantitative estimate of drug-likeness (QED) is 0.831. The number of aryl methyl sites for hydroxylation is 2. The first-order chi connectivity index (χ1) is 8.20. The number of aliphatic hydroxyl groups is 1. The second-order valence-corrected chi connectivity index (χ2v) is 7.14. The Morgan fingerprint density at radius 1 is 1.33 bits per heavy atom. The van der Waals surface area contributed by atoms with E-state index < -0.39 is 15.9 Å². The van der Waals surface area contributed by atoms with Crippen molar-refractivity contribution in [1.82, 2.24) is 9.78 Å². The summed E-state index contributed by atoms with van der Waals surface area (Å²) in [4.78, 5) is 0. The predicted molar refractivity (Wildman–Crippen MR) is 71.3 cm³/mol. The van der Waals surface area contributed by atoms with Gasteiger partial charge in [0, 0.05) is 19.0 Å². The molecular formula is C12H22N2O3S. The Labute approximate surface area is 109 Å². The minimum absolute atomic E-state index is 0.0408. The van der Waals surface area contributed by atoms with Crippen LogP contribution in [0.3, 0.4) is 0 Å². The van der Waals surface area contributed by atoms with Crippen LogP contribution in [0, 0.1) is 13.8 Å². The number of rotatable bonds is 6. The Morgan fingerprint density at radius 2 is 1.94 bits per heavy atom. The standard InChI is InChI=1S/C12H22N2O3S/c1-9-12(10(2)14(3)13-9)6-5-11(15)7-8-18(4,16)17/h11,15H,5-8H2,1-4H3. The highest BCUT2D eigenvalue weighted by Crippen LogP contribution is 2.15. The zero-order chi connectivity index (χ0) is 13.9. The Kier molecular flexibility index (Phi) is 4.92. The molecule has 0 spiro atoms. The Hall–Kier alpha value is -0.880. The van der Waals surface area contributed by atoms with Crippen LogP contribution < -0.4 is 0 Å². The van der Waals surface area contributed by atoms with E-state index in [0.717, 1.165) is 23.4 Å². The molecule has 18 heavy (non-hydrogen) atoms. The van der Waals surface area contributed by atoms with Gasteiger partial charge in [0.2, 0.25) is 0 Å². The number of hydrogen-bond donors (Lipinski definition) is 1. The average molecular weight is 274 g/mol. The summed E-state index contributed by atoms with van der Waals surface area (Å²) in [5.41, 5.74) is 3.23. The monoisotopic (exact) mass is 274 g/mol. The smallest absolute Gasteiger partial charge is 0.147 e. The molecule has 1 rings (SSSR count). The summed E-state index contributed by atoms with van der Waals surface area (Å²) in [6.07, 6.45) is 2.23. The van der Waals surface area contributed by atoms with E-state index in [2.05, 4.69) is 5.10 Å². The van der Waals surface area contributed by atoms with Crippen LogP contribution in [0.5, 0.6) is 0 Å². The molecule has 0 aliphatic carbocycles. The van der Waals surface area contributed by atoms with Gasteiger partial charge in [-0.05, 0) is 38.7 Å². The summed E-state index contributed by atoms with van der Waals surface area (Å²) in [6.45, 7) is 3.95. The highest BCUT2D eigenvalue weighted by Gasteiger charge is 2.13. The third kappa shape index (κ3) is 4.42. The third-order valence-electron chi connectivity index (χ3n) is 3.21. The molecule has 0 aliphatic heterocycles. The molecule has 0 fully saturated rings. The van der Waals surface area contributed by atoms with Crippen LogP contribution in [-0.2, 0) is 23.3 Å². The molecule has 1 N–H and O–H groups in total. The van der Waals surface area contributed by atoms with Crippen LogP contribution in [0.1, 0.15) is 29.8 Å². The molecule has 0 bridgehead atoms. The number of hydrogen-bond acceptors (Lipinski definition) is 4. The van der Waals surface area contributed by atoms with E-state index in [1.54, 1.807) is 0 Å². The van der Waals surface area contributed by atoms with Gasteiger partial charge >= 0.3 is 0 Å². The van der Waals surface area contributed by atoms with Crippen LogP contribution in [0.15, 0.2) is 0 Å². The van der Waals surface area contributed by atoms with E-state index in [1.165, 1.54) is 6.26 Å². The van der Waals surface area contributed by atoms with Crippen molar-refractivity contribution in [1.29, 1.82) is 0 Å². The van der Waals surface area contributed by atoms with Gasteiger partial charge in [-0.25, -0.2) is 8.42 Å². The highest BCUT2D eigenvalue weighted by molar-refractivity contribution is 7.90. The predicted octanol–water partition coefficient (Wildman–Crippen LogP) is 0.765. The maximum atomic E-state index is 11.0. The fourth-order valence-corrected chi connectivity index (χ4v) is 2.68. The van der Waals surface area contributed by atoms with Gasteiger partial charge < -0.3 is 5.11 Å². The molecule has 0 saturated heterocycles. The fraction of sp³-hybridized carbons (Fsp3) is 0.750. The molecule has 1 atom stereocenters. The van der Waals surface area contributed by atoms with Crippen molar-refractivity contribution in [3.8, 4) is 0 Å². The van der Waals surface area contributed by atoms with Crippen molar-refractivity contribution in [3.05, 3.63) is 17.0 Å². The molecular weight excluding hydrogens is 252 g/mol. The lowest BCUT2D eigenvalue weighted by atomic mass is 10.0. The first-order valence-electron chi connectivity index (χ1n) is 6.05. The summed E-state index contributed by atoms with van der Waals surface area (Å²) in [5, 5.41) is 14.1. The van der Waals surface area contributed by atoms with E-state index in [9.17, 15) is 13.5 Å². The SMILES string of the molecule is Cc1nn(C)c(C)c1CCC(O)CCS(C)(=O)=O. The Morgan fingerprint density at radius 3 is 2.39 bits per heavy atom. The molecule has 5 nitrogen and oxygen atoms in total. The first-order valence-corrected chi connectivity index (χ1v) is 8.11.